The fraction of sp³-hybridized carbons (Fsp3) is 0.167. The molecule has 2 aromatic rings. The van der Waals surface area contributed by atoms with E-state index in [2.05, 4.69) is 0 Å². The Morgan fingerprint density at radius 1 is 1.27 bits per heavy atom. The quantitative estimate of drug-likeness (QED) is 0.810. The van der Waals surface area contributed by atoms with Crippen molar-refractivity contribution in [1.82, 2.24) is 0 Å². The molecule has 0 spiro atoms. The van der Waals surface area contributed by atoms with Crippen molar-refractivity contribution in [2.24, 2.45) is 0 Å². The highest BCUT2D eigenvalue weighted by Crippen LogP contribution is 2.36. The van der Waals surface area contributed by atoms with Gasteiger partial charge in [-0.3, -0.25) is 4.31 Å². The number of fused-ring (bicyclic) bond motifs is 1. The molecule has 2 aromatic carbocycles. The first-order valence-corrected chi connectivity index (χ1v) is 9.17. The summed E-state index contributed by atoms with van der Waals surface area (Å²) in [5.41, 5.74) is 1.44. The summed E-state index contributed by atoms with van der Waals surface area (Å²) < 4.78 is 46.2. The molecular formula is C18H16FNO5S. The molecule has 136 valence electrons. The number of carboxylic acid groups (broad SMARTS) is 1. The van der Waals surface area contributed by atoms with E-state index in [1.165, 1.54) is 37.5 Å². The van der Waals surface area contributed by atoms with E-state index in [0.29, 0.717) is 17.7 Å². The van der Waals surface area contributed by atoms with E-state index in [4.69, 9.17) is 9.84 Å². The molecule has 1 N–H and O–H groups in total. The number of sulfonamides is 1. The Hall–Kier alpha value is -2.87. The number of rotatable bonds is 5. The lowest BCUT2D eigenvalue weighted by molar-refractivity contribution is -0.131. The predicted octanol–water partition coefficient (Wildman–Crippen LogP) is 2.68. The van der Waals surface area contributed by atoms with Crippen LogP contribution in [0.15, 0.2) is 47.4 Å². The predicted molar refractivity (Wildman–Crippen MR) is 94.3 cm³/mol. The number of carbonyl (C=O) groups is 1. The molecular weight excluding hydrogens is 361 g/mol. The number of carboxylic acids is 1. The van der Waals surface area contributed by atoms with Crippen LogP contribution >= 0.6 is 0 Å². The van der Waals surface area contributed by atoms with Gasteiger partial charge in [0.15, 0.2) is 0 Å². The zero-order chi connectivity index (χ0) is 18.9. The molecule has 0 saturated carbocycles. The standard InChI is InChI=1S/C18H16FNO5S/c1-25-16-6-2-12(3-7-18(21)22)10-17(16)26(23,24)20-9-8-13-4-5-14(19)11-15(13)20/h2-7,10-11H,8-9H2,1H3,(H,21,22)/b7-3+. The SMILES string of the molecule is COc1ccc(/C=C/C(=O)O)cc1S(=O)(=O)N1CCc2ccc(F)cc21. The molecule has 0 saturated heterocycles. The fourth-order valence-electron chi connectivity index (χ4n) is 2.86. The third-order valence-corrected chi connectivity index (χ3v) is 5.91. The Morgan fingerprint density at radius 2 is 2.04 bits per heavy atom. The van der Waals surface area contributed by atoms with Crippen molar-refractivity contribution >= 4 is 27.8 Å². The average molecular weight is 377 g/mol. The summed E-state index contributed by atoms with van der Waals surface area (Å²) in [4.78, 5) is 10.6. The smallest absolute Gasteiger partial charge is 0.328 e. The van der Waals surface area contributed by atoms with Gasteiger partial charge in [-0.2, -0.15) is 0 Å². The van der Waals surface area contributed by atoms with E-state index < -0.39 is 21.8 Å². The molecule has 0 aliphatic carbocycles. The second-order valence-corrected chi connectivity index (χ2v) is 7.51. The molecule has 1 aliphatic rings. The zero-order valence-electron chi connectivity index (χ0n) is 13.8. The molecule has 8 heteroatoms. The van der Waals surface area contributed by atoms with Gasteiger partial charge in [-0.15, -0.1) is 0 Å². The number of hydrogen-bond donors (Lipinski definition) is 1. The maximum Gasteiger partial charge on any atom is 0.328 e. The topological polar surface area (TPSA) is 83.9 Å². The summed E-state index contributed by atoms with van der Waals surface area (Å²) in [6, 6.07) is 8.41. The van der Waals surface area contributed by atoms with Crippen LogP contribution in [0, 0.1) is 5.82 Å². The molecule has 26 heavy (non-hydrogen) atoms. The summed E-state index contributed by atoms with van der Waals surface area (Å²) in [6.45, 7) is 0.194. The molecule has 1 heterocycles. The van der Waals surface area contributed by atoms with Crippen LogP contribution in [0.1, 0.15) is 11.1 Å². The molecule has 1 aliphatic heterocycles. The van der Waals surface area contributed by atoms with Crippen LogP contribution < -0.4 is 9.04 Å². The maximum atomic E-state index is 13.6. The summed E-state index contributed by atoms with van der Waals surface area (Å²) >= 11 is 0. The number of nitrogens with zero attached hydrogens (tertiary/aromatic N) is 1. The molecule has 6 nitrogen and oxygen atoms in total. The summed E-state index contributed by atoms with van der Waals surface area (Å²) in [5.74, 6) is -1.53. The van der Waals surface area contributed by atoms with E-state index in [0.717, 1.165) is 15.9 Å². The van der Waals surface area contributed by atoms with Crippen molar-refractivity contribution in [3.63, 3.8) is 0 Å². The van der Waals surface area contributed by atoms with E-state index in [1.54, 1.807) is 12.1 Å². The van der Waals surface area contributed by atoms with Crippen molar-refractivity contribution in [2.45, 2.75) is 11.3 Å². The minimum Gasteiger partial charge on any atom is -0.495 e. The molecule has 0 radical (unpaired) electrons. The van der Waals surface area contributed by atoms with Crippen molar-refractivity contribution < 1.29 is 27.4 Å². The Kier molecular flexibility index (Phi) is 4.69. The van der Waals surface area contributed by atoms with Crippen LogP contribution in [-0.2, 0) is 21.2 Å². The second kappa shape index (κ2) is 6.80. The lowest BCUT2D eigenvalue weighted by atomic mass is 10.2. The van der Waals surface area contributed by atoms with Crippen LogP contribution in [0.5, 0.6) is 5.75 Å². The van der Waals surface area contributed by atoms with Crippen molar-refractivity contribution in [1.29, 1.82) is 0 Å². The molecule has 0 aromatic heterocycles. The highest BCUT2D eigenvalue weighted by atomic mass is 32.2. The van der Waals surface area contributed by atoms with Gasteiger partial charge in [0.25, 0.3) is 10.0 Å². The Morgan fingerprint density at radius 3 is 2.73 bits per heavy atom. The van der Waals surface area contributed by atoms with Crippen LogP contribution in [0.25, 0.3) is 6.08 Å². The first-order chi connectivity index (χ1) is 12.3. The second-order valence-electron chi connectivity index (χ2n) is 5.68. The number of aliphatic carboxylic acids is 1. The number of anilines is 1. The normalized spacial score (nSPS) is 13.8. The van der Waals surface area contributed by atoms with Gasteiger partial charge in [-0.25, -0.2) is 17.6 Å². The number of ether oxygens (including phenoxy) is 1. The molecule has 0 bridgehead atoms. The van der Waals surface area contributed by atoms with Gasteiger partial charge in [0.05, 0.1) is 12.8 Å². The van der Waals surface area contributed by atoms with Crippen molar-refractivity contribution in [3.8, 4) is 5.75 Å². The first-order valence-electron chi connectivity index (χ1n) is 7.73. The largest absolute Gasteiger partial charge is 0.495 e. The lowest BCUT2D eigenvalue weighted by Gasteiger charge is -2.21. The third-order valence-electron chi connectivity index (χ3n) is 4.07. The van der Waals surface area contributed by atoms with Crippen LogP contribution in [0.2, 0.25) is 0 Å². The number of hydrogen-bond acceptors (Lipinski definition) is 4. The van der Waals surface area contributed by atoms with Crippen molar-refractivity contribution in [3.05, 3.63) is 59.4 Å². The van der Waals surface area contributed by atoms with E-state index >= 15 is 0 Å². The van der Waals surface area contributed by atoms with Gasteiger partial charge in [-0.1, -0.05) is 12.1 Å². The Labute approximate surface area is 150 Å². The third kappa shape index (κ3) is 3.28. The van der Waals surface area contributed by atoms with Crippen LogP contribution in [-0.4, -0.2) is 33.1 Å². The highest BCUT2D eigenvalue weighted by Gasteiger charge is 2.33. The van der Waals surface area contributed by atoms with E-state index in [-0.39, 0.29) is 17.2 Å². The molecule has 3 rings (SSSR count). The zero-order valence-corrected chi connectivity index (χ0v) is 14.7. The fourth-order valence-corrected chi connectivity index (χ4v) is 4.55. The van der Waals surface area contributed by atoms with Gasteiger partial charge in [0.1, 0.15) is 16.5 Å². The number of methoxy groups -OCH3 is 1. The number of benzene rings is 2. The summed E-state index contributed by atoms with van der Waals surface area (Å²) in [7, 11) is -2.67. The van der Waals surface area contributed by atoms with Crippen LogP contribution in [0.3, 0.4) is 0 Å². The van der Waals surface area contributed by atoms with Crippen molar-refractivity contribution in [2.75, 3.05) is 18.0 Å². The highest BCUT2D eigenvalue weighted by molar-refractivity contribution is 7.93. The van der Waals surface area contributed by atoms with Gasteiger partial charge < -0.3 is 9.84 Å². The van der Waals surface area contributed by atoms with Gasteiger partial charge >= 0.3 is 5.97 Å². The molecule has 0 fully saturated rings. The maximum absolute atomic E-state index is 13.6. The number of halogens is 1. The summed E-state index contributed by atoms with van der Waals surface area (Å²) in [5, 5.41) is 8.74. The minimum atomic E-state index is -4.01. The Balaban J connectivity index is 2.09. The minimum absolute atomic E-state index is 0.107. The summed E-state index contributed by atoms with van der Waals surface area (Å²) in [6.07, 6.45) is 2.69. The van der Waals surface area contributed by atoms with Gasteiger partial charge in [-0.05, 0) is 47.9 Å². The first kappa shape index (κ1) is 17.9. The lowest BCUT2D eigenvalue weighted by Crippen LogP contribution is -2.29. The molecule has 0 amide bonds. The van der Waals surface area contributed by atoms with Gasteiger partial charge in [0, 0.05) is 12.6 Å². The average Bonchev–Trinajstić information content (AvgIpc) is 3.03. The van der Waals surface area contributed by atoms with Crippen LogP contribution in [0.4, 0.5) is 10.1 Å². The molecule has 0 unspecified atom stereocenters. The van der Waals surface area contributed by atoms with Gasteiger partial charge in [0.2, 0.25) is 0 Å². The Bertz CT molecular complexity index is 1000. The van der Waals surface area contributed by atoms with E-state index in [1.807, 2.05) is 0 Å². The monoisotopic (exact) mass is 377 g/mol. The van der Waals surface area contributed by atoms with E-state index in [9.17, 15) is 17.6 Å². The molecule has 0 atom stereocenters.